The topological polar surface area (TPSA) is 68.3 Å². The van der Waals surface area contributed by atoms with Crippen LogP contribution in [0, 0.1) is 0 Å². The van der Waals surface area contributed by atoms with Gasteiger partial charge in [0.25, 0.3) is 13.4 Å². The Morgan fingerprint density at radius 2 is 0.789 bits per heavy atom. The van der Waals surface area contributed by atoms with E-state index in [0.717, 1.165) is 0 Å². The number of benzene rings is 3. The molecule has 186 valence electrons. The first-order chi connectivity index (χ1) is 18.5. The van der Waals surface area contributed by atoms with Crippen LogP contribution < -0.4 is 0 Å². The highest BCUT2D eigenvalue weighted by Gasteiger charge is 2.40. The second-order valence-corrected chi connectivity index (χ2v) is 10.1. The molecule has 0 spiro atoms. The van der Waals surface area contributed by atoms with Crippen molar-refractivity contribution >= 4 is 36.4 Å². The Morgan fingerprint density at radius 3 is 0.947 bits per heavy atom. The minimum atomic E-state index is -0.259. The Morgan fingerprint density at radius 1 is 0.526 bits per heavy atom. The summed E-state index contributed by atoms with van der Waals surface area (Å²) in [6.07, 6.45) is 2.16. The van der Waals surface area contributed by atoms with Crippen LogP contribution in [0.1, 0.15) is 58.1 Å². The first kappa shape index (κ1) is 25.6. The molecule has 2 saturated heterocycles. The van der Waals surface area contributed by atoms with Gasteiger partial charge in [0, 0.05) is 24.7 Å². The minimum Gasteiger partial charge on any atom is -0.302 e. The van der Waals surface area contributed by atoms with Gasteiger partial charge in [-0.15, -0.1) is 25.1 Å². The van der Waals surface area contributed by atoms with Gasteiger partial charge in [0.1, 0.15) is 0 Å². The summed E-state index contributed by atoms with van der Waals surface area (Å²) in [6, 6.07) is 26.9. The molecule has 6 heteroatoms. The van der Waals surface area contributed by atoms with Gasteiger partial charge in [0.2, 0.25) is 0 Å². The summed E-state index contributed by atoms with van der Waals surface area (Å²) in [5.74, 6) is 3.47. The average Bonchev–Trinajstić information content (AvgIpc) is 3.47. The maximum Gasteiger partial charge on any atom is 0.258 e. The zero-order chi connectivity index (χ0) is 26.8. The highest BCUT2D eigenvalue weighted by atomic mass is 16.2. The zero-order valence-corrected chi connectivity index (χ0v) is 21.3. The third kappa shape index (κ3) is 4.45. The molecule has 0 unspecified atom stereocenters. The first-order valence-corrected chi connectivity index (χ1v) is 13.1. The molecule has 0 radical (unpaired) electrons. The quantitative estimate of drug-likeness (QED) is 0.247. The molecule has 2 bridgehead atoms. The van der Waals surface area contributed by atoms with Crippen molar-refractivity contribution in [3.63, 3.8) is 0 Å². The molecule has 0 aromatic heterocycles. The summed E-state index contributed by atoms with van der Waals surface area (Å²) < 4.78 is 0. The zero-order valence-electron chi connectivity index (χ0n) is 21.3. The molecule has 2 fully saturated rings. The lowest BCUT2D eigenvalue weighted by Gasteiger charge is -2.42. The molecule has 4 nitrogen and oxygen atoms in total. The summed E-state index contributed by atoms with van der Waals surface area (Å²) in [6.45, 7) is 6.54. The molecule has 3 aliphatic carbocycles. The van der Waals surface area contributed by atoms with E-state index in [-0.39, 0.29) is 36.4 Å². The summed E-state index contributed by atoms with van der Waals surface area (Å²) in [4.78, 5) is 42.5. The lowest BCUT2D eigenvalue weighted by Crippen LogP contribution is -2.27. The number of hydrogen-bond donors (Lipinski definition) is 0. The molecule has 8 rings (SSSR count). The van der Waals surface area contributed by atoms with Crippen molar-refractivity contribution in [2.75, 3.05) is 0 Å². The number of ketones is 2. The molecule has 3 aromatic rings. The second kappa shape index (κ2) is 10.7. The maximum absolute atomic E-state index is 10.7. The SMILES string of the molecule is C=CB1CCC(=O)C1=O.C=CB1CCC(=O)C1=O.c1ccc2c(c1)C1c3ccccc3C2c2ccccc21. The smallest absolute Gasteiger partial charge is 0.258 e. The van der Waals surface area contributed by atoms with Crippen LogP contribution in [-0.2, 0) is 19.2 Å². The summed E-state index contributed by atoms with van der Waals surface area (Å²) in [5, 5.41) is 0. The molecule has 0 atom stereocenters. The molecule has 0 saturated carbocycles. The third-order valence-electron chi connectivity index (χ3n) is 8.01. The number of carbonyl (C=O) groups is 4. The van der Waals surface area contributed by atoms with E-state index in [2.05, 4.69) is 86.0 Å². The summed E-state index contributed by atoms with van der Waals surface area (Å²) in [7, 11) is 0. The van der Waals surface area contributed by atoms with E-state index in [1.807, 2.05) is 0 Å². The highest BCUT2D eigenvalue weighted by Crippen LogP contribution is 2.55. The third-order valence-corrected chi connectivity index (χ3v) is 8.01. The first-order valence-electron chi connectivity index (χ1n) is 13.1. The Labute approximate surface area is 224 Å². The lowest BCUT2D eigenvalue weighted by molar-refractivity contribution is -0.131. The lowest BCUT2D eigenvalue weighted by atomic mass is 9.48. The number of carbonyl (C=O) groups excluding carboxylic acids is 4. The van der Waals surface area contributed by atoms with Gasteiger partial charge in [-0.2, -0.15) is 0 Å². The van der Waals surface area contributed by atoms with Gasteiger partial charge in [-0.05, 0) is 33.4 Å². The van der Waals surface area contributed by atoms with Crippen LogP contribution in [0.15, 0.2) is 97.9 Å². The maximum atomic E-state index is 10.7. The monoisotopic (exact) mass is 498 g/mol. The standard InChI is InChI=1S/C20H14.2C6H7BO2/c1-2-8-14-13(7-1)19-15-9-3-5-11-17(15)20(14)18-12-6-4-10-16(18)19;2*1-2-7-4-3-5(8)6(7)9/h1-12,19-20H;2*2H,1,3-4H2. The Kier molecular flexibility index (Phi) is 7.24. The van der Waals surface area contributed by atoms with Crippen LogP contribution in [0.3, 0.4) is 0 Å². The van der Waals surface area contributed by atoms with Crippen molar-refractivity contribution in [2.24, 2.45) is 0 Å². The van der Waals surface area contributed by atoms with Gasteiger partial charge >= 0.3 is 0 Å². The van der Waals surface area contributed by atoms with E-state index in [4.69, 9.17) is 0 Å². The second-order valence-electron chi connectivity index (χ2n) is 10.1. The molecule has 0 N–H and O–H groups in total. The Balaban J connectivity index is 0.000000137. The average molecular weight is 498 g/mol. The normalized spacial score (nSPS) is 20.0. The molecule has 5 aliphatic rings. The van der Waals surface area contributed by atoms with Gasteiger partial charge in [0.05, 0.1) is 0 Å². The van der Waals surface area contributed by atoms with Crippen LogP contribution in [-0.4, -0.2) is 36.4 Å². The summed E-state index contributed by atoms with van der Waals surface area (Å²) >= 11 is 0. The van der Waals surface area contributed by atoms with Crippen molar-refractivity contribution in [2.45, 2.75) is 37.3 Å². The highest BCUT2D eigenvalue weighted by molar-refractivity contribution is 7.06. The van der Waals surface area contributed by atoms with Gasteiger partial charge in [-0.1, -0.05) is 85.4 Å². The van der Waals surface area contributed by atoms with Crippen LogP contribution in [0.5, 0.6) is 0 Å². The van der Waals surface area contributed by atoms with Crippen molar-refractivity contribution < 1.29 is 19.2 Å². The van der Waals surface area contributed by atoms with Gasteiger partial charge in [-0.3, -0.25) is 9.59 Å². The molecule has 2 heterocycles. The molecular weight excluding hydrogens is 470 g/mol. The van der Waals surface area contributed by atoms with Gasteiger partial charge in [0.15, 0.2) is 22.9 Å². The molecule has 2 aliphatic heterocycles. The van der Waals surface area contributed by atoms with Crippen LogP contribution in [0.4, 0.5) is 0 Å². The van der Waals surface area contributed by atoms with E-state index in [1.54, 1.807) is 12.0 Å². The Bertz CT molecular complexity index is 1250. The Hall–Kier alpha value is -4.05. The van der Waals surface area contributed by atoms with E-state index in [9.17, 15) is 19.2 Å². The number of hydrogen-bond acceptors (Lipinski definition) is 4. The van der Waals surface area contributed by atoms with E-state index in [0.29, 0.717) is 37.3 Å². The van der Waals surface area contributed by atoms with Crippen molar-refractivity contribution in [3.05, 3.63) is 131 Å². The molecule has 3 aromatic carbocycles. The van der Waals surface area contributed by atoms with Crippen molar-refractivity contribution in [1.82, 2.24) is 0 Å². The fourth-order valence-electron chi connectivity index (χ4n) is 6.06. The largest absolute Gasteiger partial charge is 0.302 e. The molecule has 38 heavy (non-hydrogen) atoms. The predicted molar refractivity (Wildman–Crippen MR) is 152 cm³/mol. The van der Waals surface area contributed by atoms with Crippen molar-refractivity contribution in [1.29, 1.82) is 0 Å². The van der Waals surface area contributed by atoms with E-state index < -0.39 is 0 Å². The van der Waals surface area contributed by atoms with Crippen molar-refractivity contribution in [3.8, 4) is 0 Å². The fraction of sp³-hybridized carbons (Fsp3) is 0.188. The van der Waals surface area contributed by atoms with Gasteiger partial charge in [-0.25, -0.2) is 0 Å². The van der Waals surface area contributed by atoms with E-state index >= 15 is 0 Å². The van der Waals surface area contributed by atoms with Crippen LogP contribution in [0.25, 0.3) is 0 Å². The van der Waals surface area contributed by atoms with E-state index in [1.165, 1.54) is 33.4 Å². The minimum absolute atomic E-state index is 0.183. The fourth-order valence-corrected chi connectivity index (χ4v) is 6.06. The molecular formula is C32H28B2O4. The van der Waals surface area contributed by atoms with Crippen LogP contribution in [0.2, 0.25) is 12.6 Å². The number of Topliss-reactive ketones (excluding diaryl/α,β-unsaturated/α-hetero) is 2. The van der Waals surface area contributed by atoms with Gasteiger partial charge < -0.3 is 9.59 Å². The van der Waals surface area contributed by atoms with Crippen LogP contribution >= 0.6 is 0 Å². The predicted octanol–water partition coefficient (Wildman–Crippen LogP) is 5.25. The summed E-state index contributed by atoms with van der Waals surface area (Å²) in [5.41, 5.74) is 8.45. The molecule has 0 amide bonds. The number of rotatable bonds is 2.